The number of benzene rings is 1. The lowest BCUT2D eigenvalue weighted by atomic mass is 10.0. The van der Waals surface area contributed by atoms with Crippen LogP contribution in [0.2, 0.25) is 0 Å². The molecule has 0 radical (unpaired) electrons. The zero-order chi connectivity index (χ0) is 14.0. The molecule has 0 unspecified atom stereocenters. The molecule has 102 valence electrons. The molecule has 0 aliphatic heterocycles. The van der Waals surface area contributed by atoms with E-state index in [1.807, 2.05) is 18.5 Å². The molecule has 0 aliphatic carbocycles. The molecule has 19 heavy (non-hydrogen) atoms. The Morgan fingerprint density at radius 1 is 1.21 bits per heavy atom. The second-order valence-corrected chi connectivity index (χ2v) is 5.29. The van der Waals surface area contributed by atoms with Gasteiger partial charge in [-0.05, 0) is 54.2 Å². The van der Waals surface area contributed by atoms with Crippen molar-refractivity contribution in [3.63, 3.8) is 0 Å². The average molecular weight is 285 g/mol. The summed E-state index contributed by atoms with van der Waals surface area (Å²) in [6.07, 6.45) is -4.28. The van der Waals surface area contributed by atoms with Crippen LogP contribution in [-0.2, 0) is 12.7 Å². The third-order valence-corrected chi connectivity index (χ3v) is 3.87. The molecule has 1 aromatic heterocycles. The van der Waals surface area contributed by atoms with Gasteiger partial charge in [0.25, 0.3) is 0 Å². The van der Waals surface area contributed by atoms with Gasteiger partial charge in [-0.3, -0.25) is 0 Å². The Kier molecular flexibility index (Phi) is 3.96. The van der Waals surface area contributed by atoms with Crippen molar-refractivity contribution in [1.82, 2.24) is 5.32 Å². The van der Waals surface area contributed by atoms with Crippen molar-refractivity contribution in [2.45, 2.75) is 19.6 Å². The van der Waals surface area contributed by atoms with Crippen LogP contribution in [-0.4, -0.2) is 7.05 Å². The van der Waals surface area contributed by atoms with Crippen molar-refractivity contribution >= 4 is 11.3 Å². The number of hydrogen-bond donors (Lipinski definition) is 1. The van der Waals surface area contributed by atoms with Gasteiger partial charge < -0.3 is 5.32 Å². The van der Waals surface area contributed by atoms with E-state index in [4.69, 9.17) is 0 Å². The molecule has 0 aliphatic rings. The van der Waals surface area contributed by atoms with Crippen LogP contribution < -0.4 is 5.32 Å². The Labute approximate surface area is 114 Å². The number of hydrogen-bond acceptors (Lipinski definition) is 2. The van der Waals surface area contributed by atoms with Gasteiger partial charge in [-0.25, -0.2) is 0 Å². The van der Waals surface area contributed by atoms with E-state index in [1.165, 1.54) is 6.07 Å². The molecular weight excluding hydrogens is 271 g/mol. The van der Waals surface area contributed by atoms with Crippen molar-refractivity contribution in [3.8, 4) is 10.4 Å². The van der Waals surface area contributed by atoms with E-state index in [-0.39, 0.29) is 0 Å². The summed E-state index contributed by atoms with van der Waals surface area (Å²) in [6, 6.07) is 5.90. The van der Waals surface area contributed by atoms with Crippen LogP contribution in [0.3, 0.4) is 0 Å². The number of thiophene rings is 1. The Bertz CT molecular complexity index is 572. The maximum absolute atomic E-state index is 12.6. The topological polar surface area (TPSA) is 12.0 Å². The van der Waals surface area contributed by atoms with Crippen LogP contribution in [0.1, 0.15) is 16.7 Å². The third-order valence-electron chi connectivity index (χ3n) is 2.85. The molecule has 0 saturated carbocycles. The minimum Gasteiger partial charge on any atom is -0.316 e. The van der Waals surface area contributed by atoms with Crippen LogP contribution >= 0.6 is 11.3 Å². The van der Waals surface area contributed by atoms with Crippen molar-refractivity contribution in [3.05, 3.63) is 46.3 Å². The minimum atomic E-state index is -4.28. The summed E-state index contributed by atoms with van der Waals surface area (Å²) in [6.45, 7) is 2.47. The van der Waals surface area contributed by atoms with E-state index < -0.39 is 11.7 Å². The summed E-state index contributed by atoms with van der Waals surface area (Å²) in [5.41, 5.74) is 2.05. The highest BCUT2D eigenvalue weighted by molar-refractivity contribution is 7.13. The van der Waals surface area contributed by atoms with E-state index in [9.17, 15) is 13.2 Å². The molecule has 1 nitrogen and oxygen atoms in total. The molecule has 5 heteroatoms. The highest BCUT2D eigenvalue weighted by atomic mass is 32.1. The Hall–Kier alpha value is -1.33. The van der Waals surface area contributed by atoms with Gasteiger partial charge in [-0.1, -0.05) is 6.07 Å². The lowest BCUT2D eigenvalue weighted by Gasteiger charge is -2.10. The first-order chi connectivity index (χ1) is 8.91. The van der Waals surface area contributed by atoms with E-state index >= 15 is 0 Å². The van der Waals surface area contributed by atoms with E-state index in [1.54, 1.807) is 24.3 Å². The molecule has 0 bridgehead atoms. The van der Waals surface area contributed by atoms with Gasteiger partial charge in [0.2, 0.25) is 0 Å². The summed E-state index contributed by atoms with van der Waals surface area (Å²) < 4.78 is 37.8. The standard InChI is InChI=1S/C14H14F3NS/c1-9-5-11(14(15,16)17)3-4-12(9)13-6-10(7-18-2)8-19-13/h3-6,8,18H,7H2,1-2H3. The molecule has 1 aromatic carbocycles. The first-order valence-electron chi connectivity index (χ1n) is 5.82. The van der Waals surface area contributed by atoms with Crippen molar-refractivity contribution < 1.29 is 13.2 Å². The number of aryl methyl sites for hydroxylation is 1. The maximum atomic E-state index is 12.6. The fourth-order valence-corrected chi connectivity index (χ4v) is 2.94. The van der Waals surface area contributed by atoms with Crippen LogP contribution in [0.15, 0.2) is 29.6 Å². The Morgan fingerprint density at radius 2 is 1.95 bits per heavy atom. The van der Waals surface area contributed by atoms with E-state index in [2.05, 4.69) is 5.32 Å². The molecule has 1 heterocycles. The van der Waals surface area contributed by atoms with Gasteiger partial charge in [0.15, 0.2) is 0 Å². The van der Waals surface area contributed by atoms with Gasteiger partial charge in [-0.15, -0.1) is 11.3 Å². The first-order valence-corrected chi connectivity index (χ1v) is 6.70. The predicted molar refractivity (Wildman–Crippen MR) is 72.3 cm³/mol. The quantitative estimate of drug-likeness (QED) is 0.878. The Balaban J connectivity index is 2.35. The van der Waals surface area contributed by atoms with Crippen molar-refractivity contribution in [2.24, 2.45) is 0 Å². The van der Waals surface area contributed by atoms with Gasteiger partial charge in [0.1, 0.15) is 0 Å². The van der Waals surface area contributed by atoms with Crippen LogP contribution in [0, 0.1) is 6.92 Å². The molecule has 2 rings (SSSR count). The second-order valence-electron chi connectivity index (χ2n) is 4.38. The lowest BCUT2D eigenvalue weighted by Crippen LogP contribution is -2.05. The van der Waals surface area contributed by atoms with Crippen LogP contribution in [0.25, 0.3) is 10.4 Å². The maximum Gasteiger partial charge on any atom is 0.416 e. The average Bonchev–Trinajstić information content (AvgIpc) is 2.76. The van der Waals surface area contributed by atoms with Crippen LogP contribution in [0.4, 0.5) is 13.2 Å². The molecule has 1 N–H and O–H groups in total. The van der Waals surface area contributed by atoms with Crippen molar-refractivity contribution in [2.75, 3.05) is 7.05 Å². The number of halogens is 3. The summed E-state index contributed by atoms with van der Waals surface area (Å²) in [7, 11) is 1.86. The fourth-order valence-electron chi connectivity index (χ4n) is 1.93. The van der Waals surface area contributed by atoms with E-state index in [0.29, 0.717) is 5.56 Å². The highest BCUT2D eigenvalue weighted by Crippen LogP contribution is 2.35. The molecular formula is C14H14F3NS. The third kappa shape index (κ3) is 3.16. The van der Waals surface area contributed by atoms with Gasteiger partial charge >= 0.3 is 6.18 Å². The zero-order valence-corrected chi connectivity index (χ0v) is 11.5. The number of nitrogens with one attached hydrogen (secondary N) is 1. The predicted octanol–water partition coefficient (Wildman–Crippen LogP) is 4.46. The number of alkyl halides is 3. The van der Waals surface area contributed by atoms with Gasteiger partial charge in [0.05, 0.1) is 5.56 Å². The van der Waals surface area contributed by atoms with Crippen molar-refractivity contribution in [1.29, 1.82) is 0 Å². The summed E-state index contributed by atoms with van der Waals surface area (Å²) in [5, 5.41) is 5.07. The molecule has 2 aromatic rings. The van der Waals surface area contributed by atoms with Gasteiger partial charge in [-0.2, -0.15) is 13.2 Å². The first kappa shape index (κ1) is 14.1. The largest absolute Gasteiger partial charge is 0.416 e. The van der Waals surface area contributed by atoms with Gasteiger partial charge in [0, 0.05) is 11.4 Å². The number of rotatable bonds is 3. The monoisotopic (exact) mass is 285 g/mol. The van der Waals surface area contributed by atoms with Crippen LogP contribution in [0.5, 0.6) is 0 Å². The molecule has 0 amide bonds. The fraction of sp³-hybridized carbons (Fsp3) is 0.286. The minimum absolute atomic E-state index is 0.597. The zero-order valence-electron chi connectivity index (χ0n) is 10.6. The lowest BCUT2D eigenvalue weighted by molar-refractivity contribution is -0.137. The van der Waals surface area contributed by atoms with E-state index in [0.717, 1.165) is 28.6 Å². The molecule has 0 atom stereocenters. The second kappa shape index (κ2) is 5.35. The molecule has 0 spiro atoms. The normalized spacial score (nSPS) is 11.8. The summed E-state index contributed by atoms with van der Waals surface area (Å²) >= 11 is 1.55. The Morgan fingerprint density at radius 3 is 2.53 bits per heavy atom. The summed E-state index contributed by atoms with van der Waals surface area (Å²) in [5.74, 6) is 0. The SMILES string of the molecule is CNCc1csc(-c2ccc(C(F)(F)F)cc2C)c1. The summed E-state index contributed by atoms with van der Waals surface area (Å²) in [4.78, 5) is 0.997. The highest BCUT2D eigenvalue weighted by Gasteiger charge is 2.30. The molecule has 0 fully saturated rings. The molecule has 0 saturated heterocycles. The smallest absolute Gasteiger partial charge is 0.316 e.